The number of nitrogens with zero attached hydrogens (tertiary/aromatic N) is 2. The van der Waals surface area contributed by atoms with Crippen molar-refractivity contribution in [3.05, 3.63) is 24.0 Å². The normalized spacial score (nSPS) is 23.0. The largest absolute Gasteiger partial charge is 0.441 e. The predicted octanol–water partition coefficient (Wildman–Crippen LogP) is 0.712. The molecule has 1 amide bonds. The van der Waals surface area contributed by atoms with Crippen molar-refractivity contribution in [3.8, 4) is 0 Å². The van der Waals surface area contributed by atoms with E-state index in [1.54, 1.807) is 12.1 Å². The average Bonchev–Trinajstić information content (AvgIpc) is 2.89. The van der Waals surface area contributed by atoms with Crippen LogP contribution in [0.2, 0.25) is 0 Å². The molecule has 0 aliphatic carbocycles. The number of halogens is 1. The number of ether oxygens (including phenoxy) is 1. The van der Waals surface area contributed by atoms with Crippen LogP contribution in [0.15, 0.2) is 18.2 Å². The van der Waals surface area contributed by atoms with E-state index in [0.29, 0.717) is 36.0 Å². The summed E-state index contributed by atoms with van der Waals surface area (Å²) < 4.78 is 30.7. The Morgan fingerprint density at radius 2 is 2.09 bits per heavy atom. The van der Waals surface area contributed by atoms with Crippen molar-refractivity contribution in [1.82, 2.24) is 0 Å². The Morgan fingerprint density at radius 1 is 1.36 bits per heavy atom. The molecule has 120 valence electrons. The van der Waals surface area contributed by atoms with Crippen LogP contribution in [0.5, 0.6) is 0 Å². The van der Waals surface area contributed by atoms with E-state index in [1.807, 2.05) is 4.90 Å². The Morgan fingerprint density at radius 3 is 2.68 bits per heavy atom. The first-order valence-corrected chi connectivity index (χ1v) is 8.56. The third-order valence-corrected chi connectivity index (χ3v) is 5.11. The van der Waals surface area contributed by atoms with Crippen LogP contribution in [0, 0.1) is 5.82 Å². The molecule has 2 saturated heterocycles. The Bertz CT molecular complexity index is 603. The highest BCUT2D eigenvalue weighted by Crippen LogP contribution is 2.28. The fourth-order valence-electron chi connectivity index (χ4n) is 2.63. The first kappa shape index (κ1) is 15.2. The van der Waals surface area contributed by atoms with Crippen LogP contribution < -0.4 is 9.80 Å². The summed E-state index contributed by atoms with van der Waals surface area (Å²) in [6, 6.07) is 4.57. The first-order chi connectivity index (χ1) is 10.6. The molecule has 0 saturated carbocycles. The molecule has 1 atom stereocenters. The first-order valence-electron chi connectivity index (χ1n) is 7.07. The van der Waals surface area contributed by atoms with Crippen LogP contribution in [0.1, 0.15) is 0 Å². The molecule has 1 aromatic carbocycles. The monoisotopic (exact) mass is 328 g/mol. The van der Waals surface area contributed by atoms with Gasteiger partial charge in [0.1, 0.15) is 11.9 Å². The molecule has 3 rings (SSSR count). The number of cyclic esters (lactones) is 1. The Hall–Kier alpha value is -1.67. The SMILES string of the molecule is O=C1OC(CO)CN1c1ccc(N2CCS(=O)CC2)c(F)c1. The van der Waals surface area contributed by atoms with E-state index < -0.39 is 28.8 Å². The summed E-state index contributed by atoms with van der Waals surface area (Å²) in [4.78, 5) is 14.9. The van der Waals surface area contributed by atoms with Crippen LogP contribution in [-0.2, 0) is 15.5 Å². The lowest BCUT2D eigenvalue weighted by Gasteiger charge is -2.29. The maximum absolute atomic E-state index is 14.3. The highest BCUT2D eigenvalue weighted by Gasteiger charge is 2.32. The highest BCUT2D eigenvalue weighted by atomic mass is 32.2. The summed E-state index contributed by atoms with van der Waals surface area (Å²) in [5, 5.41) is 9.03. The van der Waals surface area contributed by atoms with Gasteiger partial charge in [-0.25, -0.2) is 9.18 Å². The number of aliphatic hydroxyl groups excluding tert-OH is 1. The quantitative estimate of drug-likeness (QED) is 0.885. The van der Waals surface area contributed by atoms with E-state index in [2.05, 4.69) is 0 Å². The predicted molar refractivity (Wildman–Crippen MR) is 81.2 cm³/mol. The van der Waals surface area contributed by atoms with Gasteiger partial charge in [0.25, 0.3) is 0 Å². The fourth-order valence-corrected chi connectivity index (χ4v) is 3.68. The minimum Gasteiger partial charge on any atom is -0.441 e. The number of carbonyl (C=O) groups is 1. The van der Waals surface area contributed by atoms with Gasteiger partial charge in [-0.3, -0.25) is 9.11 Å². The summed E-state index contributed by atoms with van der Waals surface area (Å²) in [6.07, 6.45) is -1.16. The van der Waals surface area contributed by atoms with E-state index in [9.17, 15) is 13.4 Å². The minimum absolute atomic E-state index is 0.205. The zero-order chi connectivity index (χ0) is 15.7. The third-order valence-electron chi connectivity index (χ3n) is 3.84. The van der Waals surface area contributed by atoms with Crippen molar-refractivity contribution in [1.29, 1.82) is 0 Å². The van der Waals surface area contributed by atoms with Gasteiger partial charge < -0.3 is 14.7 Å². The Kier molecular flexibility index (Phi) is 4.30. The zero-order valence-electron chi connectivity index (χ0n) is 11.9. The molecule has 0 spiro atoms. The van der Waals surface area contributed by atoms with Crippen LogP contribution in [-0.4, -0.2) is 59.3 Å². The average molecular weight is 328 g/mol. The third kappa shape index (κ3) is 2.93. The molecule has 0 bridgehead atoms. The molecule has 1 unspecified atom stereocenters. The number of carbonyl (C=O) groups excluding carboxylic acids is 1. The maximum atomic E-state index is 14.3. The van der Waals surface area contributed by atoms with Gasteiger partial charge in [-0.15, -0.1) is 0 Å². The van der Waals surface area contributed by atoms with Crippen molar-refractivity contribution in [2.45, 2.75) is 6.10 Å². The summed E-state index contributed by atoms with van der Waals surface area (Å²) in [7, 11) is -0.815. The summed E-state index contributed by atoms with van der Waals surface area (Å²) in [5.74, 6) is 0.653. The minimum atomic E-state index is -0.815. The molecule has 22 heavy (non-hydrogen) atoms. The second-order valence-electron chi connectivity index (χ2n) is 5.27. The lowest BCUT2D eigenvalue weighted by molar-refractivity contribution is 0.0963. The van der Waals surface area contributed by atoms with Crippen molar-refractivity contribution < 1.29 is 23.2 Å². The number of aliphatic hydroxyl groups is 1. The number of hydrogen-bond acceptors (Lipinski definition) is 5. The van der Waals surface area contributed by atoms with Crippen molar-refractivity contribution in [2.24, 2.45) is 0 Å². The van der Waals surface area contributed by atoms with Crippen molar-refractivity contribution >= 4 is 28.3 Å². The Labute approximate surface area is 129 Å². The van der Waals surface area contributed by atoms with Gasteiger partial charge in [-0.2, -0.15) is 0 Å². The van der Waals surface area contributed by atoms with E-state index in [4.69, 9.17) is 9.84 Å². The fraction of sp³-hybridized carbons (Fsp3) is 0.500. The lowest BCUT2D eigenvalue weighted by Crippen LogP contribution is -2.38. The molecule has 0 radical (unpaired) electrons. The summed E-state index contributed by atoms with van der Waals surface area (Å²) >= 11 is 0. The summed E-state index contributed by atoms with van der Waals surface area (Å²) in [5.41, 5.74) is 0.856. The Balaban J connectivity index is 1.78. The van der Waals surface area contributed by atoms with Gasteiger partial charge in [0, 0.05) is 35.4 Å². The maximum Gasteiger partial charge on any atom is 0.414 e. The summed E-state index contributed by atoms with van der Waals surface area (Å²) in [6.45, 7) is 1.06. The van der Waals surface area contributed by atoms with Gasteiger partial charge >= 0.3 is 6.09 Å². The van der Waals surface area contributed by atoms with Crippen LogP contribution in [0.25, 0.3) is 0 Å². The zero-order valence-corrected chi connectivity index (χ0v) is 12.7. The number of rotatable bonds is 3. The smallest absolute Gasteiger partial charge is 0.414 e. The second-order valence-corrected chi connectivity index (χ2v) is 6.97. The van der Waals surface area contributed by atoms with E-state index in [0.717, 1.165) is 0 Å². The van der Waals surface area contributed by atoms with Gasteiger partial charge in [-0.1, -0.05) is 0 Å². The lowest BCUT2D eigenvalue weighted by atomic mass is 10.2. The molecule has 2 heterocycles. The van der Waals surface area contributed by atoms with E-state index in [1.165, 1.54) is 11.0 Å². The topological polar surface area (TPSA) is 70.1 Å². The molecular formula is C14H17FN2O4S. The molecule has 1 N–H and O–H groups in total. The number of anilines is 2. The standard InChI is InChI=1S/C14H17FN2O4S/c15-12-7-10(17-8-11(9-18)21-14(17)19)1-2-13(12)16-3-5-22(20)6-4-16/h1-2,7,11,18H,3-6,8-9H2. The van der Waals surface area contributed by atoms with Gasteiger partial charge in [0.2, 0.25) is 0 Å². The molecule has 2 aliphatic heterocycles. The molecule has 1 aromatic rings. The molecule has 6 nitrogen and oxygen atoms in total. The molecule has 2 aliphatic rings. The van der Waals surface area contributed by atoms with Gasteiger partial charge in [-0.05, 0) is 18.2 Å². The number of hydrogen-bond donors (Lipinski definition) is 1. The van der Waals surface area contributed by atoms with Crippen LogP contribution in [0.3, 0.4) is 0 Å². The van der Waals surface area contributed by atoms with E-state index >= 15 is 0 Å². The molecule has 8 heteroatoms. The number of amides is 1. The van der Waals surface area contributed by atoms with E-state index in [-0.39, 0.29) is 13.2 Å². The molecule has 2 fully saturated rings. The van der Waals surface area contributed by atoms with Gasteiger partial charge in [0.05, 0.1) is 24.5 Å². The van der Waals surface area contributed by atoms with Crippen LogP contribution >= 0.6 is 0 Å². The molecule has 0 aromatic heterocycles. The second kappa shape index (κ2) is 6.21. The van der Waals surface area contributed by atoms with Crippen molar-refractivity contribution in [3.63, 3.8) is 0 Å². The van der Waals surface area contributed by atoms with Gasteiger partial charge in [0.15, 0.2) is 0 Å². The molecular weight excluding hydrogens is 311 g/mol. The number of benzene rings is 1. The van der Waals surface area contributed by atoms with Crippen LogP contribution in [0.4, 0.5) is 20.6 Å². The van der Waals surface area contributed by atoms with Crippen molar-refractivity contribution in [2.75, 3.05) is 47.5 Å². The highest BCUT2D eigenvalue weighted by molar-refractivity contribution is 7.85.